The van der Waals surface area contributed by atoms with E-state index < -0.39 is 21.0 Å². The van der Waals surface area contributed by atoms with E-state index in [4.69, 9.17) is 4.74 Å². The summed E-state index contributed by atoms with van der Waals surface area (Å²) in [6.07, 6.45) is 1.03. The van der Waals surface area contributed by atoms with Crippen LogP contribution in [-0.2, 0) is 14.6 Å². The van der Waals surface area contributed by atoms with E-state index in [9.17, 15) is 13.2 Å². The van der Waals surface area contributed by atoms with E-state index >= 15 is 0 Å². The Morgan fingerprint density at radius 2 is 2.00 bits per heavy atom. The molecule has 0 aliphatic carbocycles. The number of carbonyl (C=O) groups is 1. The largest absolute Gasteiger partial charge is 0.495 e. The molecule has 0 aliphatic rings. The maximum absolute atomic E-state index is 11.8. The summed E-state index contributed by atoms with van der Waals surface area (Å²) in [5, 5.41) is 1.47. The van der Waals surface area contributed by atoms with E-state index in [2.05, 4.69) is 5.32 Å². The fourth-order valence-corrected chi connectivity index (χ4v) is 1.80. The highest BCUT2D eigenvalue weighted by Crippen LogP contribution is 2.25. The molecule has 0 spiro atoms. The van der Waals surface area contributed by atoms with Crippen molar-refractivity contribution in [2.45, 2.75) is 19.1 Å². The molecule has 1 aromatic rings. The fourth-order valence-electron chi connectivity index (χ4n) is 1.35. The lowest BCUT2D eigenvalue weighted by molar-refractivity contribution is -0.115. The Balaban J connectivity index is 2.98. The standard InChI is InChI=1S/C12H17NO4S/c1-8-5-6-11(17-3)10(7-8)13-12(14)9(2)18(4,15)16/h5-7,9H,1-4H3,(H,13,14)/t9-/m0/s1. The average Bonchev–Trinajstić information content (AvgIpc) is 2.27. The number of benzene rings is 1. The number of ether oxygens (including phenoxy) is 1. The Morgan fingerprint density at radius 1 is 1.39 bits per heavy atom. The molecule has 0 aliphatic heterocycles. The van der Waals surface area contributed by atoms with Gasteiger partial charge in [-0.1, -0.05) is 6.07 Å². The van der Waals surface area contributed by atoms with E-state index in [0.29, 0.717) is 11.4 Å². The van der Waals surface area contributed by atoms with Crippen molar-refractivity contribution in [2.24, 2.45) is 0 Å². The summed E-state index contributed by atoms with van der Waals surface area (Å²) in [5.74, 6) is -0.0731. The minimum Gasteiger partial charge on any atom is -0.495 e. The molecular weight excluding hydrogens is 254 g/mol. The Labute approximate surface area is 107 Å². The quantitative estimate of drug-likeness (QED) is 0.897. The summed E-state index contributed by atoms with van der Waals surface area (Å²) >= 11 is 0. The molecule has 0 fully saturated rings. The molecule has 1 amide bonds. The predicted octanol–water partition coefficient (Wildman–Crippen LogP) is 1.38. The number of amides is 1. The van der Waals surface area contributed by atoms with Gasteiger partial charge >= 0.3 is 0 Å². The second-order valence-electron chi connectivity index (χ2n) is 4.16. The molecule has 0 radical (unpaired) electrons. The molecular formula is C12H17NO4S. The third-order valence-electron chi connectivity index (χ3n) is 2.62. The van der Waals surface area contributed by atoms with Crippen LogP contribution in [0, 0.1) is 6.92 Å². The van der Waals surface area contributed by atoms with Gasteiger partial charge in [-0.15, -0.1) is 0 Å². The highest BCUT2D eigenvalue weighted by molar-refractivity contribution is 7.92. The molecule has 1 aromatic carbocycles. The smallest absolute Gasteiger partial charge is 0.242 e. The van der Waals surface area contributed by atoms with Gasteiger partial charge in [-0.2, -0.15) is 0 Å². The summed E-state index contributed by atoms with van der Waals surface area (Å²) < 4.78 is 27.7. The summed E-state index contributed by atoms with van der Waals surface area (Å²) in [6.45, 7) is 3.22. The number of methoxy groups -OCH3 is 1. The lowest BCUT2D eigenvalue weighted by atomic mass is 10.2. The van der Waals surface area contributed by atoms with Gasteiger partial charge in [0, 0.05) is 6.26 Å². The zero-order valence-corrected chi connectivity index (χ0v) is 11.7. The number of anilines is 1. The van der Waals surface area contributed by atoms with Gasteiger partial charge in [0.15, 0.2) is 9.84 Å². The molecule has 0 bridgehead atoms. The first kappa shape index (κ1) is 14.5. The second-order valence-corrected chi connectivity index (χ2v) is 6.53. The Bertz CT molecular complexity index is 551. The van der Waals surface area contributed by atoms with Gasteiger partial charge in [-0.3, -0.25) is 4.79 Å². The normalized spacial score (nSPS) is 12.9. The minimum atomic E-state index is -3.40. The van der Waals surface area contributed by atoms with E-state index in [1.54, 1.807) is 12.1 Å². The first-order valence-electron chi connectivity index (χ1n) is 5.40. The van der Waals surface area contributed by atoms with Gasteiger partial charge in [-0.05, 0) is 31.5 Å². The van der Waals surface area contributed by atoms with Crippen LogP contribution in [0.5, 0.6) is 5.75 Å². The van der Waals surface area contributed by atoms with Crippen molar-refractivity contribution in [1.82, 2.24) is 0 Å². The van der Waals surface area contributed by atoms with Crippen LogP contribution in [0.25, 0.3) is 0 Å². The second kappa shape index (κ2) is 5.39. The lowest BCUT2D eigenvalue weighted by Crippen LogP contribution is -2.31. The van der Waals surface area contributed by atoms with Crippen molar-refractivity contribution in [3.05, 3.63) is 23.8 Å². The van der Waals surface area contributed by atoms with Crippen LogP contribution in [0.1, 0.15) is 12.5 Å². The molecule has 100 valence electrons. The topological polar surface area (TPSA) is 72.5 Å². The Hall–Kier alpha value is -1.56. The molecule has 1 atom stereocenters. The molecule has 0 saturated carbocycles. The molecule has 1 rings (SSSR count). The lowest BCUT2D eigenvalue weighted by Gasteiger charge is -2.13. The fraction of sp³-hybridized carbons (Fsp3) is 0.417. The number of hydrogen-bond donors (Lipinski definition) is 1. The summed E-state index contributed by atoms with van der Waals surface area (Å²) in [7, 11) is -1.92. The van der Waals surface area contributed by atoms with E-state index in [1.807, 2.05) is 13.0 Å². The molecule has 0 saturated heterocycles. The van der Waals surface area contributed by atoms with E-state index in [0.717, 1.165) is 11.8 Å². The number of rotatable bonds is 4. The number of aryl methyl sites for hydroxylation is 1. The van der Waals surface area contributed by atoms with Crippen molar-refractivity contribution in [2.75, 3.05) is 18.7 Å². The van der Waals surface area contributed by atoms with Crippen LogP contribution < -0.4 is 10.1 Å². The third-order valence-corrected chi connectivity index (χ3v) is 4.12. The van der Waals surface area contributed by atoms with Crippen molar-refractivity contribution in [3.8, 4) is 5.75 Å². The number of nitrogens with one attached hydrogen (secondary N) is 1. The molecule has 6 heteroatoms. The van der Waals surface area contributed by atoms with Crippen LogP contribution in [0.4, 0.5) is 5.69 Å². The molecule has 0 aromatic heterocycles. The monoisotopic (exact) mass is 271 g/mol. The number of carbonyl (C=O) groups excluding carboxylic acids is 1. The Morgan fingerprint density at radius 3 is 2.50 bits per heavy atom. The van der Waals surface area contributed by atoms with Crippen molar-refractivity contribution < 1.29 is 17.9 Å². The first-order chi connectivity index (χ1) is 8.25. The van der Waals surface area contributed by atoms with Crippen LogP contribution in [-0.4, -0.2) is 32.9 Å². The molecule has 0 unspecified atom stereocenters. The highest BCUT2D eigenvalue weighted by atomic mass is 32.2. The van der Waals surface area contributed by atoms with E-state index in [1.165, 1.54) is 14.0 Å². The molecule has 1 N–H and O–H groups in total. The van der Waals surface area contributed by atoms with Crippen LogP contribution in [0.15, 0.2) is 18.2 Å². The zero-order chi connectivity index (χ0) is 13.9. The zero-order valence-electron chi connectivity index (χ0n) is 10.9. The summed E-state index contributed by atoms with van der Waals surface area (Å²) in [4.78, 5) is 11.8. The maximum atomic E-state index is 11.8. The highest BCUT2D eigenvalue weighted by Gasteiger charge is 2.24. The molecule has 0 heterocycles. The summed E-state index contributed by atoms with van der Waals surface area (Å²) in [6, 6.07) is 5.29. The van der Waals surface area contributed by atoms with Crippen molar-refractivity contribution in [3.63, 3.8) is 0 Å². The minimum absolute atomic E-state index is 0.470. The number of sulfone groups is 1. The van der Waals surface area contributed by atoms with Gasteiger partial charge in [-0.25, -0.2) is 8.42 Å². The molecule has 5 nitrogen and oxygen atoms in total. The number of hydrogen-bond acceptors (Lipinski definition) is 4. The van der Waals surface area contributed by atoms with Gasteiger partial charge in [0.05, 0.1) is 12.8 Å². The van der Waals surface area contributed by atoms with Crippen LogP contribution in [0.3, 0.4) is 0 Å². The van der Waals surface area contributed by atoms with Crippen LogP contribution >= 0.6 is 0 Å². The Kier molecular flexibility index (Phi) is 4.34. The molecule has 18 heavy (non-hydrogen) atoms. The van der Waals surface area contributed by atoms with Gasteiger partial charge in [0.2, 0.25) is 5.91 Å². The predicted molar refractivity (Wildman–Crippen MR) is 70.7 cm³/mol. The van der Waals surface area contributed by atoms with Crippen LogP contribution in [0.2, 0.25) is 0 Å². The SMILES string of the molecule is COc1ccc(C)cc1NC(=O)[C@H](C)S(C)(=O)=O. The van der Waals surface area contributed by atoms with Gasteiger partial charge < -0.3 is 10.1 Å². The first-order valence-corrected chi connectivity index (χ1v) is 7.35. The average molecular weight is 271 g/mol. The summed E-state index contributed by atoms with van der Waals surface area (Å²) in [5.41, 5.74) is 1.41. The van der Waals surface area contributed by atoms with Gasteiger partial charge in [0.25, 0.3) is 0 Å². The van der Waals surface area contributed by atoms with Gasteiger partial charge in [0.1, 0.15) is 11.0 Å². The maximum Gasteiger partial charge on any atom is 0.242 e. The van der Waals surface area contributed by atoms with E-state index in [-0.39, 0.29) is 0 Å². The van der Waals surface area contributed by atoms with Crippen molar-refractivity contribution in [1.29, 1.82) is 0 Å². The van der Waals surface area contributed by atoms with Crippen molar-refractivity contribution >= 4 is 21.4 Å². The third kappa shape index (κ3) is 3.46.